The third-order valence-corrected chi connectivity index (χ3v) is 5.52. The highest BCUT2D eigenvalue weighted by Crippen LogP contribution is 2.37. The summed E-state index contributed by atoms with van der Waals surface area (Å²) in [7, 11) is -2.64. The van der Waals surface area contributed by atoms with Crippen LogP contribution in [0.25, 0.3) is 0 Å². The number of aromatic nitrogens is 1. The van der Waals surface area contributed by atoms with Gasteiger partial charge in [0, 0.05) is 5.38 Å². The van der Waals surface area contributed by atoms with Crippen molar-refractivity contribution in [3.8, 4) is 0 Å². The number of nitrogen functional groups attached to an aromatic ring is 1. The van der Waals surface area contributed by atoms with E-state index in [0.29, 0.717) is 0 Å². The lowest BCUT2D eigenvalue weighted by Gasteiger charge is -2.44. The summed E-state index contributed by atoms with van der Waals surface area (Å²) in [6.45, 7) is 0.782. The number of aliphatic carboxylic acids is 1. The Hall–Kier alpha value is -2.50. The second kappa shape index (κ2) is 8.25. The maximum absolute atomic E-state index is 12.4. The molecule has 2 heterocycles. The maximum atomic E-state index is 12.4. The average molecular weight is 405 g/mol. The van der Waals surface area contributed by atoms with Crippen LogP contribution in [0.3, 0.4) is 0 Å². The maximum Gasteiger partial charge on any atom is 0.344 e. The van der Waals surface area contributed by atoms with Crippen LogP contribution in [0.1, 0.15) is 12.6 Å². The predicted molar refractivity (Wildman–Crippen MR) is 91.0 cm³/mol. The van der Waals surface area contributed by atoms with Crippen molar-refractivity contribution < 1.29 is 34.0 Å². The van der Waals surface area contributed by atoms with Crippen LogP contribution < -0.4 is 11.1 Å². The van der Waals surface area contributed by atoms with E-state index in [1.807, 2.05) is 0 Å². The molecule has 142 valence electrons. The molecule has 0 aliphatic carbocycles. The summed E-state index contributed by atoms with van der Waals surface area (Å²) in [5, 5.41) is 24.9. The quantitative estimate of drug-likeness (QED) is 0.176. The van der Waals surface area contributed by atoms with E-state index < -0.39 is 50.8 Å². The van der Waals surface area contributed by atoms with Gasteiger partial charge in [0.1, 0.15) is 18.1 Å². The fourth-order valence-electron chi connectivity index (χ4n) is 2.19. The summed E-state index contributed by atoms with van der Waals surface area (Å²) in [6.07, 6.45) is -0.644. The number of hydrogen-bond donors (Lipinski definition) is 4. The number of nitrogens with one attached hydrogen (secondary N) is 1. The number of carbonyl (C=O) groups excluding carboxylic acids is 2. The molecule has 1 saturated heterocycles. The van der Waals surface area contributed by atoms with Gasteiger partial charge in [-0.05, 0) is 6.92 Å². The van der Waals surface area contributed by atoms with E-state index in [4.69, 9.17) is 15.9 Å². The van der Waals surface area contributed by atoms with Gasteiger partial charge in [-0.2, -0.15) is 0 Å². The normalized spacial score (nSPS) is 21.1. The van der Waals surface area contributed by atoms with Gasteiger partial charge < -0.3 is 30.7 Å². The molecular weight excluding hydrogens is 389 g/mol. The highest BCUT2D eigenvalue weighted by molar-refractivity contribution is 7.42. The molecule has 0 bridgehead atoms. The van der Waals surface area contributed by atoms with Crippen molar-refractivity contribution in [3.63, 3.8) is 0 Å². The fourth-order valence-corrected chi connectivity index (χ4v) is 3.88. The second-order valence-corrected chi connectivity index (χ2v) is 7.61. The van der Waals surface area contributed by atoms with E-state index in [2.05, 4.69) is 20.3 Å². The van der Waals surface area contributed by atoms with E-state index >= 15 is 0 Å². The molecule has 2 rings (SSSR count). The SMILES string of the molecule is C[C@H]1[C@H](NC(=O)C(=NOCC(=O)O)c2csc(N)n2)C(=O)N1[PH](=O)CO. The smallest absolute Gasteiger partial charge is 0.344 e. The number of β-lactam (4-membered cyclic amide) rings is 1. The Kier molecular flexibility index (Phi) is 6.29. The van der Waals surface area contributed by atoms with Crippen LogP contribution in [-0.4, -0.2) is 68.4 Å². The van der Waals surface area contributed by atoms with Crippen LogP contribution in [0, 0.1) is 0 Å². The van der Waals surface area contributed by atoms with Crippen LogP contribution >= 0.6 is 19.3 Å². The third-order valence-electron chi connectivity index (χ3n) is 3.41. The van der Waals surface area contributed by atoms with Gasteiger partial charge in [0.15, 0.2) is 18.8 Å². The van der Waals surface area contributed by atoms with E-state index in [1.165, 1.54) is 5.38 Å². The average Bonchev–Trinajstić information content (AvgIpc) is 3.02. The molecule has 2 amide bonds. The predicted octanol–water partition coefficient (Wildman–Crippen LogP) is -1.33. The van der Waals surface area contributed by atoms with Crippen molar-refractivity contribution in [2.24, 2.45) is 5.16 Å². The van der Waals surface area contributed by atoms with Crippen LogP contribution in [0.4, 0.5) is 5.13 Å². The number of rotatable bonds is 8. The molecule has 0 saturated carbocycles. The molecule has 1 aromatic heterocycles. The highest BCUT2D eigenvalue weighted by atomic mass is 32.1. The summed E-state index contributed by atoms with van der Waals surface area (Å²) in [5.74, 6) is -2.74. The zero-order valence-corrected chi connectivity index (χ0v) is 15.2. The summed E-state index contributed by atoms with van der Waals surface area (Å²) in [6, 6.07) is -1.56. The van der Waals surface area contributed by atoms with Crippen LogP contribution in [0.2, 0.25) is 0 Å². The topological polar surface area (TPSA) is 185 Å². The zero-order valence-electron chi connectivity index (χ0n) is 13.4. The minimum Gasteiger partial charge on any atom is -0.479 e. The summed E-state index contributed by atoms with van der Waals surface area (Å²) < 4.78 is 12.6. The van der Waals surface area contributed by atoms with Crippen LogP contribution in [-0.2, 0) is 23.8 Å². The number of amides is 2. The lowest BCUT2D eigenvalue weighted by Crippen LogP contribution is -2.67. The lowest BCUT2D eigenvalue weighted by atomic mass is 10.0. The molecular formula is C12H16N5O7PS. The number of anilines is 1. The molecule has 1 aromatic rings. The number of hydrogen-bond acceptors (Lipinski definition) is 10. The van der Waals surface area contributed by atoms with Crippen molar-refractivity contribution in [1.82, 2.24) is 15.0 Å². The molecule has 1 fully saturated rings. The summed E-state index contributed by atoms with van der Waals surface area (Å²) >= 11 is 1.03. The second-order valence-electron chi connectivity index (χ2n) is 5.13. The number of oxime groups is 1. The molecule has 3 atom stereocenters. The summed E-state index contributed by atoms with van der Waals surface area (Å²) in [4.78, 5) is 43.4. The van der Waals surface area contributed by atoms with Crippen LogP contribution in [0.15, 0.2) is 10.5 Å². The van der Waals surface area contributed by atoms with E-state index in [0.717, 1.165) is 16.0 Å². The van der Waals surface area contributed by atoms with Gasteiger partial charge >= 0.3 is 5.97 Å². The first-order valence-electron chi connectivity index (χ1n) is 7.17. The van der Waals surface area contributed by atoms with E-state index in [-0.39, 0.29) is 16.5 Å². The van der Waals surface area contributed by atoms with Crippen molar-refractivity contribution in [2.45, 2.75) is 19.0 Å². The molecule has 0 spiro atoms. The molecule has 0 radical (unpaired) electrons. The Bertz CT molecular complexity index is 782. The van der Waals surface area contributed by atoms with Gasteiger partial charge in [-0.25, -0.2) is 9.78 Å². The van der Waals surface area contributed by atoms with Gasteiger partial charge in [0.05, 0.1) is 6.04 Å². The van der Waals surface area contributed by atoms with Gasteiger partial charge in [-0.3, -0.25) is 14.3 Å². The Balaban J connectivity index is 2.13. The van der Waals surface area contributed by atoms with Gasteiger partial charge in [0.25, 0.3) is 11.8 Å². The highest BCUT2D eigenvalue weighted by Gasteiger charge is 2.48. The van der Waals surface area contributed by atoms with Crippen molar-refractivity contribution in [2.75, 3.05) is 18.7 Å². The van der Waals surface area contributed by atoms with Crippen LogP contribution in [0.5, 0.6) is 0 Å². The number of nitrogens with two attached hydrogens (primary N) is 1. The van der Waals surface area contributed by atoms with E-state index in [1.54, 1.807) is 6.92 Å². The molecule has 14 heteroatoms. The minimum atomic E-state index is -2.64. The zero-order chi connectivity index (χ0) is 19.4. The lowest BCUT2D eigenvalue weighted by molar-refractivity contribution is -0.143. The van der Waals surface area contributed by atoms with Crippen molar-refractivity contribution in [3.05, 3.63) is 11.1 Å². The number of aliphatic hydroxyl groups is 1. The molecule has 5 N–H and O–H groups in total. The molecule has 0 aromatic carbocycles. The van der Waals surface area contributed by atoms with Gasteiger partial charge in [0.2, 0.25) is 6.61 Å². The monoisotopic (exact) mass is 405 g/mol. The minimum absolute atomic E-state index is 0.0515. The third kappa shape index (κ3) is 4.18. The molecule has 26 heavy (non-hydrogen) atoms. The Morgan fingerprint density at radius 3 is 2.77 bits per heavy atom. The number of carboxylic acids is 1. The first kappa shape index (κ1) is 19.8. The fraction of sp³-hybridized carbons (Fsp3) is 0.417. The van der Waals surface area contributed by atoms with Gasteiger partial charge in [-0.1, -0.05) is 5.16 Å². The number of thiazole rings is 1. The first-order valence-corrected chi connectivity index (χ1v) is 9.61. The molecule has 1 aliphatic heterocycles. The number of carbonyl (C=O) groups is 3. The van der Waals surface area contributed by atoms with E-state index in [9.17, 15) is 18.9 Å². The number of nitrogens with zero attached hydrogens (tertiary/aromatic N) is 3. The number of aliphatic hydroxyl groups excluding tert-OH is 1. The van der Waals surface area contributed by atoms with Crippen molar-refractivity contribution >= 4 is 47.9 Å². The Morgan fingerprint density at radius 2 is 2.27 bits per heavy atom. The largest absolute Gasteiger partial charge is 0.479 e. The first-order chi connectivity index (χ1) is 12.3. The standard InChI is InChI=1S/C12H16N5O7PS/c1-5-8(11(22)17(5)25(23)4-18)15-10(21)9(16-24-2-7(19)20)6-3-26-12(13)14-6/h3,5,8,18,25H,2,4H2,1H3,(H2,13,14)(H,15,21)(H,19,20)/t5-,8-/m0/s1. The Morgan fingerprint density at radius 1 is 1.58 bits per heavy atom. The Labute approximate surface area is 151 Å². The molecule has 1 aliphatic rings. The molecule has 1 unspecified atom stereocenters. The number of carboxylic acid groups (broad SMARTS) is 1. The molecule has 12 nitrogen and oxygen atoms in total. The van der Waals surface area contributed by atoms with Crippen molar-refractivity contribution in [1.29, 1.82) is 0 Å². The van der Waals surface area contributed by atoms with Gasteiger partial charge in [-0.15, -0.1) is 11.3 Å². The summed E-state index contributed by atoms with van der Waals surface area (Å²) in [5.41, 5.74) is 5.21.